The number of Topliss-reactive ketones (excluding diaryl/α,β-unsaturated/α-hetero) is 1. The maximum Gasteiger partial charge on any atom is 0.306 e. The molecule has 0 amide bonds. The average Bonchev–Trinajstić information content (AvgIpc) is 2.59. The normalized spacial score (nSPS) is 16.5. The molecular weight excluding hydrogens is 290 g/mol. The Bertz CT molecular complexity index is 717. The highest BCUT2D eigenvalue weighted by molar-refractivity contribution is 6.00. The monoisotopic (exact) mass is 311 g/mol. The SMILES string of the molecule is O=C(CCN1CCC(C(=O)O)CC1)c1ccc2ccccc2c1. The highest BCUT2D eigenvalue weighted by Crippen LogP contribution is 2.19. The molecule has 0 unspecified atom stereocenters. The van der Waals surface area contributed by atoms with Gasteiger partial charge in [-0.3, -0.25) is 9.59 Å². The first kappa shape index (κ1) is 15.7. The van der Waals surface area contributed by atoms with E-state index in [1.165, 1.54) is 0 Å². The number of ketones is 1. The van der Waals surface area contributed by atoms with E-state index in [0.29, 0.717) is 25.8 Å². The lowest BCUT2D eigenvalue weighted by Crippen LogP contribution is -2.37. The number of rotatable bonds is 5. The van der Waals surface area contributed by atoms with Gasteiger partial charge in [0, 0.05) is 18.5 Å². The molecule has 3 rings (SSSR count). The highest BCUT2D eigenvalue weighted by atomic mass is 16.4. The molecule has 23 heavy (non-hydrogen) atoms. The Morgan fingerprint density at radius 1 is 1.04 bits per heavy atom. The molecule has 0 aliphatic carbocycles. The van der Waals surface area contributed by atoms with Gasteiger partial charge in [-0.05, 0) is 42.8 Å². The zero-order chi connectivity index (χ0) is 16.2. The predicted octanol–water partition coefficient (Wildman–Crippen LogP) is 3.21. The summed E-state index contributed by atoms with van der Waals surface area (Å²) in [7, 11) is 0. The zero-order valence-corrected chi connectivity index (χ0v) is 13.1. The molecule has 1 saturated heterocycles. The lowest BCUT2D eigenvalue weighted by molar-refractivity contribution is -0.143. The van der Waals surface area contributed by atoms with Crippen LogP contribution >= 0.6 is 0 Å². The van der Waals surface area contributed by atoms with Crippen LogP contribution in [0.25, 0.3) is 10.8 Å². The van der Waals surface area contributed by atoms with Crippen molar-refractivity contribution < 1.29 is 14.7 Å². The lowest BCUT2D eigenvalue weighted by Gasteiger charge is -2.29. The minimum absolute atomic E-state index is 0.149. The Kier molecular flexibility index (Phi) is 4.72. The van der Waals surface area contributed by atoms with Crippen LogP contribution in [0.1, 0.15) is 29.6 Å². The van der Waals surface area contributed by atoms with Gasteiger partial charge in [-0.1, -0.05) is 36.4 Å². The van der Waals surface area contributed by atoms with E-state index in [9.17, 15) is 9.59 Å². The van der Waals surface area contributed by atoms with Gasteiger partial charge >= 0.3 is 5.97 Å². The van der Waals surface area contributed by atoms with E-state index in [1.54, 1.807) is 0 Å². The fourth-order valence-electron chi connectivity index (χ4n) is 3.17. The van der Waals surface area contributed by atoms with Crippen molar-refractivity contribution in [3.8, 4) is 0 Å². The number of piperidine rings is 1. The topological polar surface area (TPSA) is 57.6 Å². The molecule has 0 aromatic heterocycles. The number of hydrogen-bond donors (Lipinski definition) is 1. The summed E-state index contributed by atoms with van der Waals surface area (Å²) < 4.78 is 0. The van der Waals surface area contributed by atoms with Crippen molar-refractivity contribution in [3.63, 3.8) is 0 Å². The fourth-order valence-corrected chi connectivity index (χ4v) is 3.17. The molecule has 1 heterocycles. The highest BCUT2D eigenvalue weighted by Gasteiger charge is 2.24. The van der Waals surface area contributed by atoms with Crippen LogP contribution in [0.2, 0.25) is 0 Å². The summed E-state index contributed by atoms with van der Waals surface area (Å²) in [5, 5.41) is 11.2. The lowest BCUT2D eigenvalue weighted by atomic mass is 9.96. The molecule has 0 saturated carbocycles. The second kappa shape index (κ2) is 6.92. The van der Waals surface area contributed by atoms with Gasteiger partial charge in [-0.25, -0.2) is 0 Å². The van der Waals surface area contributed by atoms with Gasteiger partial charge in [0.15, 0.2) is 5.78 Å². The van der Waals surface area contributed by atoms with Crippen LogP contribution in [-0.4, -0.2) is 41.4 Å². The van der Waals surface area contributed by atoms with E-state index >= 15 is 0 Å². The summed E-state index contributed by atoms with van der Waals surface area (Å²) in [6.45, 7) is 2.24. The molecule has 0 radical (unpaired) electrons. The molecule has 0 spiro atoms. The van der Waals surface area contributed by atoms with Gasteiger partial charge in [-0.15, -0.1) is 0 Å². The standard InChI is InChI=1S/C19H21NO3/c21-18(9-12-20-10-7-15(8-11-20)19(22)23)17-6-5-14-3-1-2-4-16(14)13-17/h1-6,13,15H,7-12H2,(H,22,23). The molecular formula is C19H21NO3. The second-order valence-electron chi connectivity index (χ2n) is 6.19. The molecule has 1 fully saturated rings. The number of likely N-dealkylation sites (tertiary alicyclic amines) is 1. The van der Waals surface area contributed by atoms with Crippen molar-refractivity contribution in [3.05, 3.63) is 48.0 Å². The van der Waals surface area contributed by atoms with Gasteiger partial charge in [0.1, 0.15) is 0 Å². The molecule has 4 heteroatoms. The third-order valence-corrected chi connectivity index (χ3v) is 4.66. The number of carbonyl (C=O) groups excluding carboxylic acids is 1. The van der Waals surface area contributed by atoms with Crippen molar-refractivity contribution in [2.24, 2.45) is 5.92 Å². The van der Waals surface area contributed by atoms with Crippen LogP contribution in [0.4, 0.5) is 0 Å². The molecule has 120 valence electrons. The van der Waals surface area contributed by atoms with Crippen LogP contribution in [0.3, 0.4) is 0 Å². The number of carboxylic acids is 1. The van der Waals surface area contributed by atoms with Crippen molar-refractivity contribution in [2.75, 3.05) is 19.6 Å². The minimum Gasteiger partial charge on any atom is -0.481 e. The predicted molar refractivity (Wildman–Crippen MR) is 89.7 cm³/mol. The number of carboxylic acid groups (broad SMARTS) is 1. The van der Waals surface area contributed by atoms with Crippen LogP contribution in [-0.2, 0) is 4.79 Å². The van der Waals surface area contributed by atoms with E-state index in [2.05, 4.69) is 4.90 Å². The molecule has 1 N–H and O–H groups in total. The molecule has 0 atom stereocenters. The molecule has 2 aromatic rings. The summed E-state index contributed by atoms with van der Waals surface area (Å²) in [6, 6.07) is 13.9. The third-order valence-electron chi connectivity index (χ3n) is 4.66. The number of hydrogen-bond acceptors (Lipinski definition) is 3. The Hall–Kier alpha value is -2.20. The molecule has 1 aliphatic rings. The van der Waals surface area contributed by atoms with Crippen LogP contribution in [0, 0.1) is 5.92 Å². The summed E-state index contributed by atoms with van der Waals surface area (Å²) >= 11 is 0. The van der Waals surface area contributed by atoms with Crippen molar-refractivity contribution in [2.45, 2.75) is 19.3 Å². The largest absolute Gasteiger partial charge is 0.481 e. The summed E-state index contributed by atoms with van der Waals surface area (Å²) in [6.07, 6.45) is 1.84. The Morgan fingerprint density at radius 3 is 2.43 bits per heavy atom. The number of benzene rings is 2. The first-order chi connectivity index (χ1) is 11.1. The van der Waals surface area contributed by atoms with E-state index < -0.39 is 5.97 Å². The molecule has 2 aromatic carbocycles. The third kappa shape index (κ3) is 3.77. The van der Waals surface area contributed by atoms with Crippen LogP contribution in [0.15, 0.2) is 42.5 Å². The molecule has 0 bridgehead atoms. The smallest absolute Gasteiger partial charge is 0.306 e. The van der Waals surface area contributed by atoms with Gasteiger partial charge < -0.3 is 10.0 Å². The van der Waals surface area contributed by atoms with Gasteiger partial charge in [0.25, 0.3) is 0 Å². The number of fused-ring (bicyclic) bond motifs is 1. The fraction of sp³-hybridized carbons (Fsp3) is 0.368. The van der Waals surface area contributed by atoms with Gasteiger partial charge in [0.2, 0.25) is 0 Å². The molecule has 1 aliphatic heterocycles. The van der Waals surface area contributed by atoms with E-state index in [4.69, 9.17) is 5.11 Å². The van der Waals surface area contributed by atoms with E-state index in [1.807, 2.05) is 42.5 Å². The Morgan fingerprint density at radius 2 is 1.74 bits per heavy atom. The van der Waals surface area contributed by atoms with Crippen LogP contribution < -0.4 is 0 Å². The van der Waals surface area contributed by atoms with Crippen LogP contribution in [0.5, 0.6) is 0 Å². The van der Waals surface area contributed by atoms with E-state index in [0.717, 1.165) is 29.4 Å². The average molecular weight is 311 g/mol. The summed E-state index contributed by atoms with van der Waals surface area (Å²) in [4.78, 5) is 25.5. The summed E-state index contributed by atoms with van der Waals surface area (Å²) in [5.41, 5.74) is 0.754. The van der Waals surface area contributed by atoms with Gasteiger partial charge in [0.05, 0.1) is 5.92 Å². The number of aliphatic carboxylic acids is 1. The second-order valence-corrected chi connectivity index (χ2v) is 6.19. The van der Waals surface area contributed by atoms with E-state index in [-0.39, 0.29) is 11.7 Å². The Labute approximate surface area is 135 Å². The maximum absolute atomic E-state index is 12.4. The van der Waals surface area contributed by atoms with Gasteiger partial charge in [-0.2, -0.15) is 0 Å². The summed E-state index contributed by atoms with van der Waals surface area (Å²) in [5.74, 6) is -0.768. The quantitative estimate of drug-likeness (QED) is 0.862. The number of nitrogens with zero attached hydrogens (tertiary/aromatic N) is 1. The first-order valence-corrected chi connectivity index (χ1v) is 8.10. The minimum atomic E-state index is -0.697. The number of carbonyl (C=O) groups is 2. The van der Waals surface area contributed by atoms with Crippen molar-refractivity contribution in [1.82, 2.24) is 4.90 Å². The van der Waals surface area contributed by atoms with Crippen molar-refractivity contribution >= 4 is 22.5 Å². The first-order valence-electron chi connectivity index (χ1n) is 8.10. The Balaban J connectivity index is 1.55. The zero-order valence-electron chi connectivity index (χ0n) is 13.1. The van der Waals surface area contributed by atoms with Crippen molar-refractivity contribution in [1.29, 1.82) is 0 Å². The molecule has 4 nitrogen and oxygen atoms in total. The maximum atomic E-state index is 12.4.